The number of ketones is 1. The first-order valence-corrected chi connectivity index (χ1v) is 9.76. The van der Waals surface area contributed by atoms with Crippen LogP contribution in [0.4, 0.5) is 18.9 Å². The Kier molecular flexibility index (Phi) is 5.88. The highest BCUT2D eigenvalue weighted by Gasteiger charge is 2.45. The van der Waals surface area contributed by atoms with E-state index in [4.69, 9.17) is 10.5 Å². The lowest BCUT2D eigenvalue weighted by Gasteiger charge is -2.29. The second kappa shape index (κ2) is 7.99. The van der Waals surface area contributed by atoms with Crippen molar-refractivity contribution in [3.8, 4) is 5.69 Å². The standard InChI is InChI=1S/C21H25F3N4O3/c1-11(10-31-4)26-12-5-6-13(19(25)30)14(7-12)28-15-8-20(2,3)9-16(29)17(15)18(27-28)21(22,23)24/h5-7,11,26H,8-10H2,1-4H3,(H2,25,30). The number of nitrogens with two attached hydrogens (primary N) is 1. The van der Waals surface area contributed by atoms with Crippen LogP contribution >= 0.6 is 0 Å². The van der Waals surface area contributed by atoms with Crippen LogP contribution in [0.2, 0.25) is 0 Å². The molecule has 0 bridgehead atoms. The van der Waals surface area contributed by atoms with Crippen LogP contribution in [0.15, 0.2) is 18.2 Å². The Hall–Kier alpha value is -2.88. The molecule has 0 saturated heterocycles. The van der Waals surface area contributed by atoms with Crippen molar-refractivity contribution in [1.82, 2.24) is 9.78 Å². The molecule has 2 aromatic rings. The van der Waals surface area contributed by atoms with E-state index in [-0.39, 0.29) is 35.8 Å². The number of halogens is 3. The number of aromatic nitrogens is 2. The number of nitrogens with one attached hydrogen (secondary N) is 1. The highest BCUT2D eigenvalue weighted by Crippen LogP contribution is 2.42. The van der Waals surface area contributed by atoms with Gasteiger partial charge in [-0.3, -0.25) is 9.59 Å². The monoisotopic (exact) mass is 438 g/mol. The van der Waals surface area contributed by atoms with Crippen LogP contribution < -0.4 is 11.1 Å². The molecule has 1 aliphatic rings. The fraction of sp³-hybridized carbons (Fsp3) is 0.476. The third-order valence-corrected chi connectivity index (χ3v) is 5.13. The largest absolute Gasteiger partial charge is 0.435 e. The summed E-state index contributed by atoms with van der Waals surface area (Å²) in [7, 11) is 1.55. The molecule has 1 unspecified atom stereocenters. The van der Waals surface area contributed by atoms with Gasteiger partial charge in [-0.25, -0.2) is 4.68 Å². The zero-order chi connectivity index (χ0) is 23.1. The Labute approximate surface area is 177 Å². The molecular formula is C21H25F3N4O3. The van der Waals surface area contributed by atoms with Gasteiger partial charge in [-0.05, 0) is 37.0 Å². The first-order chi connectivity index (χ1) is 14.3. The van der Waals surface area contributed by atoms with Crippen LogP contribution in [0.1, 0.15) is 59.3 Å². The number of fused-ring (bicyclic) bond motifs is 1. The van der Waals surface area contributed by atoms with Crippen molar-refractivity contribution in [1.29, 1.82) is 0 Å². The number of benzene rings is 1. The number of anilines is 1. The van der Waals surface area contributed by atoms with Gasteiger partial charge in [-0.2, -0.15) is 18.3 Å². The third-order valence-electron chi connectivity index (χ3n) is 5.13. The third kappa shape index (κ3) is 4.58. The number of amides is 1. The molecule has 1 amide bonds. The normalized spacial score (nSPS) is 16.7. The number of hydrogen-bond donors (Lipinski definition) is 2. The Morgan fingerprint density at radius 3 is 2.61 bits per heavy atom. The van der Waals surface area contributed by atoms with Gasteiger partial charge in [0.25, 0.3) is 5.91 Å². The summed E-state index contributed by atoms with van der Waals surface area (Å²) in [5.74, 6) is -1.43. The zero-order valence-electron chi connectivity index (χ0n) is 17.8. The second-order valence-electron chi connectivity index (χ2n) is 8.62. The molecule has 0 fully saturated rings. The van der Waals surface area contributed by atoms with E-state index in [1.807, 2.05) is 6.92 Å². The summed E-state index contributed by atoms with van der Waals surface area (Å²) in [6.45, 7) is 5.87. The molecule has 1 heterocycles. The molecule has 168 valence electrons. The summed E-state index contributed by atoms with van der Waals surface area (Å²) in [6, 6.07) is 4.43. The number of primary amides is 1. The molecule has 0 radical (unpaired) electrons. The lowest BCUT2D eigenvalue weighted by Crippen LogP contribution is -2.29. The summed E-state index contributed by atoms with van der Waals surface area (Å²) in [6.07, 6.45) is -4.65. The van der Waals surface area contributed by atoms with Gasteiger partial charge in [-0.15, -0.1) is 0 Å². The van der Waals surface area contributed by atoms with E-state index >= 15 is 0 Å². The molecule has 31 heavy (non-hydrogen) atoms. The fourth-order valence-electron chi connectivity index (χ4n) is 3.93. The van der Waals surface area contributed by atoms with Gasteiger partial charge in [-0.1, -0.05) is 13.8 Å². The molecule has 0 saturated carbocycles. The van der Waals surface area contributed by atoms with Crippen molar-refractivity contribution in [2.75, 3.05) is 19.0 Å². The molecule has 10 heteroatoms. The van der Waals surface area contributed by atoms with Gasteiger partial charge in [0.15, 0.2) is 11.5 Å². The fourth-order valence-corrected chi connectivity index (χ4v) is 3.93. The number of carbonyl (C=O) groups is 2. The van der Waals surface area contributed by atoms with E-state index in [1.54, 1.807) is 27.0 Å². The van der Waals surface area contributed by atoms with Crippen molar-refractivity contribution >= 4 is 17.4 Å². The number of nitrogens with zero attached hydrogens (tertiary/aromatic N) is 2. The molecule has 1 aromatic heterocycles. The Morgan fingerprint density at radius 2 is 2.03 bits per heavy atom. The second-order valence-corrected chi connectivity index (χ2v) is 8.62. The average Bonchev–Trinajstić information content (AvgIpc) is 3.00. The smallest absolute Gasteiger partial charge is 0.383 e. The van der Waals surface area contributed by atoms with Crippen molar-refractivity contribution < 1.29 is 27.5 Å². The molecule has 3 N–H and O–H groups in total. The minimum absolute atomic E-state index is 0.000187. The SMILES string of the molecule is COCC(C)Nc1ccc(C(N)=O)c(-n2nc(C(F)(F)F)c3c2CC(C)(C)CC3=O)c1. The van der Waals surface area contributed by atoms with Gasteiger partial charge in [0.2, 0.25) is 0 Å². The van der Waals surface area contributed by atoms with Crippen LogP contribution in [-0.2, 0) is 17.3 Å². The number of Topliss-reactive ketones (excluding diaryl/α,β-unsaturated/α-hetero) is 1. The Morgan fingerprint density at radius 1 is 1.35 bits per heavy atom. The summed E-state index contributed by atoms with van der Waals surface area (Å²) < 4.78 is 47.3. The van der Waals surface area contributed by atoms with E-state index < -0.39 is 34.5 Å². The molecule has 1 aliphatic carbocycles. The number of methoxy groups -OCH3 is 1. The van der Waals surface area contributed by atoms with Gasteiger partial charge < -0.3 is 15.8 Å². The van der Waals surface area contributed by atoms with E-state index in [0.717, 1.165) is 4.68 Å². The highest BCUT2D eigenvalue weighted by atomic mass is 19.4. The van der Waals surface area contributed by atoms with Crippen molar-refractivity contribution in [3.63, 3.8) is 0 Å². The molecule has 1 aromatic carbocycles. The quantitative estimate of drug-likeness (QED) is 0.718. The zero-order valence-corrected chi connectivity index (χ0v) is 17.8. The molecule has 3 rings (SSSR count). The summed E-state index contributed by atoms with van der Waals surface area (Å²) in [5, 5.41) is 6.91. The maximum Gasteiger partial charge on any atom is 0.435 e. The van der Waals surface area contributed by atoms with Crippen LogP contribution in [0.3, 0.4) is 0 Å². The first-order valence-electron chi connectivity index (χ1n) is 9.76. The lowest BCUT2D eigenvalue weighted by atomic mass is 9.75. The number of hydrogen-bond acceptors (Lipinski definition) is 5. The van der Waals surface area contributed by atoms with Crippen molar-refractivity contribution in [2.45, 2.75) is 45.8 Å². The molecule has 7 nitrogen and oxygen atoms in total. The molecule has 0 aliphatic heterocycles. The van der Waals surface area contributed by atoms with Crippen LogP contribution in [0, 0.1) is 5.41 Å². The predicted octanol–water partition coefficient (Wildman–Crippen LogP) is 3.59. The van der Waals surface area contributed by atoms with Gasteiger partial charge in [0.1, 0.15) is 0 Å². The topological polar surface area (TPSA) is 99.2 Å². The van der Waals surface area contributed by atoms with Crippen LogP contribution in [0.5, 0.6) is 0 Å². The van der Waals surface area contributed by atoms with E-state index in [9.17, 15) is 22.8 Å². The number of ether oxygens (including phenoxy) is 1. The predicted molar refractivity (Wildman–Crippen MR) is 108 cm³/mol. The van der Waals surface area contributed by atoms with Gasteiger partial charge in [0, 0.05) is 25.3 Å². The molecular weight excluding hydrogens is 413 g/mol. The van der Waals surface area contributed by atoms with Crippen molar-refractivity contribution in [2.24, 2.45) is 11.1 Å². The van der Waals surface area contributed by atoms with E-state index in [0.29, 0.717) is 12.3 Å². The Balaban J connectivity index is 2.24. The maximum absolute atomic E-state index is 13.7. The first kappa shape index (κ1) is 22.8. The summed E-state index contributed by atoms with van der Waals surface area (Å²) in [5.41, 5.74) is 4.00. The van der Waals surface area contributed by atoms with Crippen LogP contribution in [-0.4, -0.2) is 41.2 Å². The van der Waals surface area contributed by atoms with Gasteiger partial charge >= 0.3 is 6.18 Å². The van der Waals surface area contributed by atoms with E-state index in [2.05, 4.69) is 10.4 Å². The maximum atomic E-state index is 13.7. The number of carbonyl (C=O) groups excluding carboxylic acids is 2. The summed E-state index contributed by atoms with van der Waals surface area (Å²) >= 11 is 0. The number of rotatable bonds is 6. The van der Waals surface area contributed by atoms with Crippen molar-refractivity contribution in [3.05, 3.63) is 40.7 Å². The average molecular weight is 438 g/mol. The van der Waals surface area contributed by atoms with Crippen LogP contribution in [0.25, 0.3) is 5.69 Å². The van der Waals surface area contributed by atoms with Gasteiger partial charge in [0.05, 0.1) is 29.1 Å². The summed E-state index contributed by atoms with van der Waals surface area (Å²) in [4.78, 5) is 24.7. The minimum atomic E-state index is -4.82. The minimum Gasteiger partial charge on any atom is -0.383 e. The Bertz CT molecular complexity index is 1030. The molecule has 1 atom stereocenters. The van der Waals surface area contributed by atoms with E-state index in [1.165, 1.54) is 12.1 Å². The number of alkyl halides is 3. The molecule has 0 spiro atoms. The highest BCUT2D eigenvalue weighted by molar-refractivity contribution is 6.01. The lowest BCUT2D eigenvalue weighted by molar-refractivity contribution is -0.141.